The van der Waals surface area contributed by atoms with Gasteiger partial charge in [-0.15, -0.1) is 0 Å². The molecule has 1 aromatic carbocycles. The monoisotopic (exact) mass is 280 g/mol. The quantitative estimate of drug-likeness (QED) is 0.774. The fourth-order valence-corrected chi connectivity index (χ4v) is 2.59. The Bertz CT molecular complexity index is 620. The summed E-state index contributed by atoms with van der Waals surface area (Å²) in [7, 11) is -1.74. The van der Waals surface area contributed by atoms with Gasteiger partial charge in [-0.05, 0) is 31.7 Å². The Balaban J connectivity index is 2.21. The van der Waals surface area contributed by atoms with Crippen molar-refractivity contribution in [1.82, 2.24) is 15.3 Å². The molecule has 0 fully saturated rings. The number of sulfonamides is 1. The van der Waals surface area contributed by atoms with E-state index in [-0.39, 0.29) is 16.9 Å². The van der Waals surface area contributed by atoms with E-state index in [1.165, 1.54) is 6.20 Å². The minimum absolute atomic E-state index is 0.176. The van der Waals surface area contributed by atoms with E-state index in [9.17, 15) is 8.42 Å². The molecule has 0 aliphatic rings. The van der Waals surface area contributed by atoms with Gasteiger partial charge in [0.15, 0.2) is 0 Å². The van der Waals surface area contributed by atoms with E-state index >= 15 is 0 Å². The Labute approximate surface area is 112 Å². The third-order valence-corrected chi connectivity index (χ3v) is 4.21. The first-order valence-corrected chi connectivity index (χ1v) is 7.30. The number of nitrogens with zero attached hydrogens (tertiary/aromatic N) is 1. The van der Waals surface area contributed by atoms with E-state index in [0.29, 0.717) is 0 Å². The lowest BCUT2D eigenvalue weighted by molar-refractivity contribution is 0.600. The zero-order chi connectivity index (χ0) is 13.9. The van der Waals surface area contributed by atoms with Gasteiger partial charge in [0.2, 0.25) is 5.95 Å². The van der Waals surface area contributed by atoms with Crippen LogP contribution in [-0.2, 0) is 10.0 Å². The standard InChI is InChI=1S/C12H16N4O2S/c1-9(13-2)10-3-5-11(6-4-10)19(17,18)16-12-14-7-8-15-12/h3-9,13H,1-2H3,(H2,14,15,16). The molecule has 102 valence electrons. The molecule has 0 bridgehead atoms. The van der Waals surface area contributed by atoms with Gasteiger partial charge >= 0.3 is 0 Å². The largest absolute Gasteiger partial charge is 0.330 e. The second kappa shape index (κ2) is 5.41. The van der Waals surface area contributed by atoms with Crippen molar-refractivity contribution in [2.75, 3.05) is 11.8 Å². The van der Waals surface area contributed by atoms with Gasteiger partial charge in [0.05, 0.1) is 4.90 Å². The zero-order valence-corrected chi connectivity index (χ0v) is 11.5. The van der Waals surface area contributed by atoms with Crippen molar-refractivity contribution < 1.29 is 8.42 Å². The summed E-state index contributed by atoms with van der Waals surface area (Å²) in [6.45, 7) is 2.00. The van der Waals surface area contributed by atoms with Crippen LogP contribution in [0.4, 0.5) is 5.95 Å². The summed E-state index contributed by atoms with van der Waals surface area (Å²) in [5, 5.41) is 3.10. The molecular formula is C12H16N4O2S. The summed E-state index contributed by atoms with van der Waals surface area (Å²) in [5.74, 6) is 0.202. The maximum absolute atomic E-state index is 12.1. The molecule has 0 saturated carbocycles. The highest BCUT2D eigenvalue weighted by atomic mass is 32.2. The minimum atomic E-state index is -3.60. The number of nitrogens with one attached hydrogen (secondary N) is 3. The average Bonchev–Trinajstić information content (AvgIpc) is 2.90. The predicted octanol–water partition coefficient (Wildman–Crippen LogP) is 1.49. The van der Waals surface area contributed by atoms with Crippen LogP contribution in [0.3, 0.4) is 0 Å². The number of H-pyrrole nitrogens is 1. The van der Waals surface area contributed by atoms with Crippen molar-refractivity contribution in [3.63, 3.8) is 0 Å². The van der Waals surface area contributed by atoms with Crippen LogP contribution >= 0.6 is 0 Å². The van der Waals surface area contributed by atoms with Crippen molar-refractivity contribution >= 4 is 16.0 Å². The molecule has 1 heterocycles. The summed E-state index contributed by atoms with van der Waals surface area (Å²) in [4.78, 5) is 6.73. The molecule has 7 heteroatoms. The normalized spacial score (nSPS) is 13.2. The summed E-state index contributed by atoms with van der Waals surface area (Å²) in [5.41, 5.74) is 1.03. The summed E-state index contributed by atoms with van der Waals surface area (Å²) < 4.78 is 26.5. The van der Waals surface area contributed by atoms with E-state index in [0.717, 1.165) is 5.56 Å². The highest BCUT2D eigenvalue weighted by molar-refractivity contribution is 7.92. The number of hydrogen-bond acceptors (Lipinski definition) is 4. The molecule has 1 unspecified atom stereocenters. The highest BCUT2D eigenvalue weighted by Gasteiger charge is 2.15. The SMILES string of the molecule is CNC(C)c1ccc(S(=O)(=O)Nc2ncc[nH]2)cc1. The molecule has 0 saturated heterocycles. The number of rotatable bonds is 5. The fraction of sp³-hybridized carbons (Fsp3) is 0.250. The van der Waals surface area contributed by atoms with Gasteiger partial charge < -0.3 is 10.3 Å². The van der Waals surface area contributed by atoms with Crippen molar-refractivity contribution in [2.24, 2.45) is 0 Å². The topological polar surface area (TPSA) is 86.9 Å². The van der Waals surface area contributed by atoms with Gasteiger partial charge in [-0.2, -0.15) is 0 Å². The van der Waals surface area contributed by atoms with E-state index in [1.54, 1.807) is 30.5 Å². The minimum Gasteiger partial charge on any atom is -0.330 e. The molecular weight excluding hydrogens is 264 g/mol. The lowest BCUT2D eigenvalue weighted by Gasteiger charge is -2.11. The fourth-order valence-electron chi connectivity index (χ4n) is 1.61. The van der Waals surface area contributed by atoms with E-state index in [2.05, 4.69) is 20.0 Å². The Morgan fingerprint density at radius 2 is 1.95 bits per heavy atom. The first-order valence-electron chi connectivity index (χ1n) is 5.82. The number of imidazole rings is 1. The second-order valence-corrected chi connectivity index (χ2v) is 5.81. The molecule has 1 aromatic heterocycles. The van der Waals surface area contributed by atoms with Crippen LogP contribution in [0.25, 0.3) is 0 Å². The second-order valence-electron chi connectivity index (χ2n) is 4.12. The highest BCUT2D eigenvalue weighted by Crippen LogP contribution is 2.17. The van der Waals surface area contributed by atoms with Gasteiger partial charge in [0, 0.05) is 18.4 Å². The van der Waals surface area contributed by atoms with Crippen molar-refractivity contribution in [3.05, 3.63) is 42.2 Å². The molecule has 0 spiro atoms. The van der Waals surface area contributed by atoms with Gasteiger partial charge in [-0.3, -0.25) is 0 Å². The van der Waals surface area contributed by atoms with Gasteiger partial charge in [0.25, 0.3) is 10.0 Å². The summed E-state index contributed by atoms with van der Waals surface area (Å²) in [6.07, 6.45) is 3.03. The number of aromatic amines is 1. The lowest BCUT2D eigenvalue weighted by Crippen LogP contribution is -2.15. The van der Waals surface area contributed by atoms with Crippen LogP contribution < -0.4 is 10.0 Å². The maximum atomic E-state index is 12.1. The van der Waals surface area contributed by atoms with Crippen molar-refractivity contribution in [1.29, 1.82) is 0 Å². The van der Waals surface area contributed by atoms with Gasteiger partial charge in [-0.25, -0.2) is 18.1 Å². The molecule has 2 rings (SSSR count). The molecule has 0 aliphatic heterocycles. The van der Waals surface area contributed by atoms with Crippen molar-refractivity contribution in [2.45, 2.75) is 17.9 Å². The maximum Gasteiger partial charge on any atom is 0.264 e. The molecule has 0 amide bonds. The van der Waals surface area contributed by atoms with Crippen LogP contribution in [0.1, 0.15) is 18.5 Å². The summed E-state index contributed by atoms with van der Waals surface area (Å²) in [6, 6.07) is 6.91. The number of benzene rings is 1. The molecule has 19 heavy (non-hydrogen) atoms. The first-order chi connectivity index (χ1) is 9.03. The Hall–Kier alpha value is -1.86. The van der Waals surface area contributed by atoms with Gasteiger partial charge in [0.1, 0.15) is 0 Å². The molecule has 6 nitrogen and oxygen atoms in total. The van der Waals surface area contributed by atoms with Gasteiger partial charge in [-0.1, -0.05) is 12.1 Å². The molecule has 0 aliphatic carbocycles. The summed E-state index contributed by atoms with van der Waals surface area (Å²) >= 11 is 0. The lowest BCUT2D eigenvalue weighted by atomic mass is 10.1. The smallest absolute Gasteiger partial charge is 0.264 e. The van der Waals surface area contributed by atoms with Crippen LogP contribution in [0, 0.1) is 0 Å². The average molecular weight is 280 g/mol. The van der Waals surface area contributed by atoms with Crippen LogP contribution in [0.5, 0.6) is 0 Å². The van der Waals surface area contributed by atoms with Crippen LogP contribution in [0.15, 0.2) is 41.6 Å². The number of aromatic nitrogens is 2. The van der Waals surface area contributed by atoms with E-state index in [1.807, 2.05) is 14.0 Å². The molecule has 2 aromatic rings. The van der Waals surface area contributed by atoms with Crippen LogP contribution in [0.2, 0.25) is 0 Å². The Kier molecular flexibility index (Phi) is 3.87. The number of hydrogen-bond donors (Lipinski definition) is 3. The zero-order valence-electron chi connectivity index (χ0n) is 10.7. The predicted molar refractivity (Wildman–Crippen MR) is 73.3 cm³/mol. The Morgan fingerprint density at radius 3 is 2.47 bits per heavy atom. The van der Waals surface area contributed by atoms with Crippen LogP contribution in [-0.4, -0.2) is 25.4 Å². The molecule has 1 atom stereocenters. The molecule has 3 N–H and O–H groups in total. The number of anilines is 1. The third kappa shape index (κ3) is 3.12. The van der Waals surface area contributed by atoms with E-state index < -0.39 is 10.0 Å². The Morgan fingerprint density at radius 1 is 1.26 bits per heavy atom. The van der Waals surface area contributed by atoms with Crippen molar-refractivity contribution in [3.8, 4) is 0 Å². The van der Waals surface area contributed by atoms with E-state index in [4.69, 9.17) is 0 Å². The molecule has 0 radical (unpaired) electrons. The first kappa shape index (κ1) is 13.6. The third-order valence-electron chi connectivity index (χ3n) is 2.85.